The molecule has 0 spiro atoms. The first-order valence-corrected chi connectivity index (χ1v) is 7.49. The molecule has 7 heteroatoms. The van der Waals surface area contributed by atoms with Crippen LogP contribution in [0.4, 0.5) is 0 Å². The molecule has 23 heavy (non-hydrogen) atoms. The fourth-order valence-electron chi connectivity index (χ4n) is 2.09. The molecule has 1 aromatic heterocycles. The number of ether oxygens (including phenoxy) is 1. The normalized spacial score (nSPS) is 10.4. The fourth-order valence-corrected chi connectivity index (χ4v) is 2.30. The Balaban J connectivity index is 2.09. The number of rotatable bonds is 5. The second kappa shape index (κ2) is 7.28. The van der Waals surface area contributed by atoms with E-state index in [0.29, 0.717) is 34.9 Å². The Bertz CT molecular complexity index is 710. The Hall–Kier alpha value is -2.34. The van der Waals surface area contributed by atoms with Gasteiger partial charge in [-0.05, 0) is 31.2 Å². The highest BCUT2D eigenvalue weighted by Crippen LogP contribution is 2.17. The molecule has 0 bridgehead atoms. The van der Waals surface area contributed by atoms with E-state index >= 15 is 0 Å². The first-order valence-electron chi connectivity index (χ1n) is 7.12. The van der Waals surface area contributed by atoms with Crippen molar-refractivity contribution in [1.29, 1.82) is 0 Å². The number of hydrogen-bond donors (Lipinski definition) is 0. The smallest absolute Gasteiger partial charge is 0.337 e. The molecule has 1 heterocycles. The summed E-state index contributed by atoms with van der Waals surface area (Å²) in [6.45, 7) is 2.99. The van der Waals surface area contributed by atoms with Gasteiger partial charge >= 0.3 is 5.97 Å². The predicted molar refractivity (Wildman–Crippen MR) is 86.5 cm³/mol. The summed E-state index contributed by atoms with van der Waals surface area (Å²) in [7, 11) is 2.99. The lowest BCUT2D eigenvalue weighted by molar-refractivity contribution is 0.0600. The zero-order chi connectivity index (χ0) is 17.0. The molecule has 0 saturated heterocycles. The summed E-state index contributed by atoms with van der Waals surface area (Å²) in [4.78, 5) is 25.3. The Labute approximate surface area is 139 Å². The van der Waals surface area contributed by atoms with Gasteiger partial charge in [0.25, 0.3) is 5.91 Å². The molecule has 0 fully saturated rings. The van der Waals surface area contributed by atoms with Crippen LogP contribution in [-0.2, 0) is 17.8 Å². The number of carbonyl (C=O) groups excluding carboxylic acids is 2. The Morgan fingerprint density at radius 1 is 1.26 bits per heavy atom. The van der Waals surface area contributed by atoms with E-state index in [9.17, 15) is 9.59 Å². The van der Waals surface area contributed by atoms with Crippen LogP contribution < -0.4 is 0 Å². The van der Waals surface area contributed by atoms with E-state index in [1.807, 2.05) is 6.92 Å². The average Bonchev–Trinajstić information content (AvgIpc) is 2.93. The maximum Gasteiger partial charge on any atom is 0.337 e. The molecule has 2 rings (SSSR count). The number of nitrogens with zero attached hydrogens (tertiary/aromatic N) is 3. The van der Waals surface area contributed by atoms with Crippen molar-refractivity contribution in [3.05, 3.63) is 52.3 Å². The van der Waals surface area contributed by atoms with Crippen molar-refractivity contribution in [2.75, 3.05) is 14.2 Å². The molecular formula is C16H18ClN3O3. The highest BCUT2D eigenvalue weighted by molar-refractivity contribution is 6.31. The van der Waals surface area contributed by atoms with Gasteiger partial charge in [-0.25, -0.2) is 4.79 Å². The molecule has 0 saturated carbocycles. The van der Waals surface area contributed by atoms with Crippen LogP contribution >= 0.6 is 11.6 Å². The van der Waals surface area contributed by atoms with Crippen molar-refractivity contribution in [3.63, 3.8) is 0 Å². The van der Waals surface area contributed by atoms with E-state index in [0.717, 1.165) is 0 Å². The number of hydrogen-bond acceptors (Lipinski definition) is 4. The zero-order valence-electron chi connectivity index (χ0n) is 13.2. The van der Waals surface area contributed by atoms with Crippen LogP contribution in [0.1, 0.15) is 33.3 Å². The molecule has 1 aromatic carbocycles. The highest BCUT2D eigenvalue weighted by Gasteiger charge is 2.16. The van der Waals surface area contributed by atoms with Crippen LogP contribution in [0.25, 0.3) is 0 Å². The van der Waals surface area contributed by atoms with Crippen molar-refractivity contribution in [1.82, 2.24) is 14.7 Å². The van der Waals surface area contributed by atoms with Crippen LogP contribution in [0.3, 0.4) is 0 Å². The van der Waals surface area contributed by atoms with Gasteiger partial charge in [-0.2, -0.15) is 5.10 Å². The summed E-state index contributed by atoms with van der Waals surface area (Å²) < 4.78 is 6.35. The SMILES string of the molecule is CCn1cc(Cl)c(CN(C)C(=O)c2ccc(C(=O)OC)cc2)n1. The van der Waals surface area contributed by atoms with E-state index in [4.69, 9.17) is 11.6 Å². The number of aromatic nitrogens is 2. The van der Waals surface area contributed by atoms with Crippen LogP contribution in [0.15, 0.2) is 30.5 Å². The lowest BCUT2D eigenvalue weighted by Gasteiger charge is -2.16. The molecule has 6 nitrogen and oxygen atoms in total. The molecule has 0 radical (unpaired) electrons. The number of methoxy groups -OCH3 is 1. The number of esters is 1. The minimum absolute atomic E-state index is 0.177. The molecule has 0 aliphatic heterocycles. The first-order chi connectivity index (χ1) is 11.0. The van der Waals surface area contributed by atoms with E-state index in [1.165, 1.54) is 12.0 Å². The fraction of sp³-hybridized carbons (Fsp3) is 0.312. The van der Waals surface area contributed by atoms with Crippen molar-refractivity contribution < 1.29 is 14.3 Å². The van der Waals surface area contributed by atoms with Gasteiger partial charge in [-0.3, -0.25) is 9.48 Å². The van der Waals surface area contributed by atoms with Crippen molar-refractivity contribution in [2.24, 2.45) is 0 Å². The standard InChI is InChI=1S/C16H18ClN3O3/c1-4-20-9-13(17)14(18-20)10-19(2)15(21)11-5-7-12(8-6-11)16(22)23-3/h5-9H,4,10H2,1-3H3. The van der Waals surface area contributed by atoms with Crippen molar-refractivity contribution in [3.8, 4) is 0 Å². The van der Waals surface area contributed by atoms with Gasteiger partial charge in [-0.1, -0.05) is 11.6 Å². The van der Waals surface area contributed by atoms with Gasteiger partial charge in [0.15, 0.2) is 0 Å². The van der Waals surface area contributed by atoms with E-state index in [-0.39, 0.29) is 5.91 Å². The van der Waals surface area contributed by atoms with Gasteiger partial charge in [0.2, 0.25) is 0 Å². The third-order valence-electron chi connectivity index (χ3n) is 3.40. The third kappa shape index (κ3) is 3.90. The summed E-state index contributed by atoms with van der Waals surface area (Å²) in [6, 6.07) is 6.31. The van der Waals surface area contributed by atoms with Crippen molar-refractivity contribution >= 4 is 23.5 Å². The molecule has 0 unspecified atom stereocenters. The Kier molecular flexibility index (Phi) is 5.39. The summed E-state index contributed by atoms with van der Waals surface area (Å²) in [5.74, 6) is -0.613. The first kappa shape index (κ1) is 17.0. The summed E-state index contributed by atoms with van der Waals surface area (Å²) in [5.41, 5.74) is 1.53. The maximum atomic E-state index is 12.4. The number of benzene rings is 1. The molecule has 0 N–H and O–H groups in total. The third-order valence-corrected chi connectivity index (χ3v) is 3.71. The van der Waals surface area contributed by atoms with E-state index in [1.54, 1.807) is 42.2 Å². The number of amides is 1. The minimum atomic E-state index is -0.436. The lowest BCUT2D eigenvalue weighted by Crippen LogP contribution is -2.26. The van der Waals surface area contributed by atoms with Gasteiger partial charge in [0.05, 0.1) is 24.2 Å². The Morgan fingerprint density at radius 2 is 1.87 bits per heavy atom. The zero-order valence-corrected chi connectivity index (χ0v) is 14.0. The second-order valence-electron chi connectivity index (χ2n) is 5.01. The molecule has 1 amide bonds. The monoisotopic (exact) mass is 335 g/mol. The van der Waals surface area contributed by atoms with E-state index in [2.05, 4.69) is 9.84 Å². The molecule has 0 aliphatic carbocycles. The average molecular weight is 336 g/mol. The molecular weight excluding hydrogens is 318 g/mol. The maximum absolute atomic E-state index is 12.4. The Morgan fingerprint density at radius 3 is 2.39 bits per heavy atom. The quantitative estimate of drug-likeness (QED) is 0.788. The molecule has 122 valence electrons. The second-order valence-corrected chi connectivity index (χ2v) is 5.42. The molecule has 0 aliphatic rings. The van der Waals surface area contributed by atoms with Crippen LogP contribution in [0.2, 0.25) is 5.02 Å². The van der Waals surface area contributed by atoms with Crippen LogP contribution in [0.5, 0.6) is 0 Å². The van der Waals surface area contributed by atoms with Crippen LogP contribution in [-0.4, -0.2) is 40.7 Å². The van der Waals surface area contributed by atoms with E-state index < -0.39 is 5.97 Å². The number of halogens is 1. The van der Waals surface area contributed by atoms with Crippen LogP contribution in [0, 0.1) is 0 Å². The van der Waals surface area contributed by atoms with Crippen molar-refractivity contribution in [2.45, 2.75) is 20.0 Å². The highest BCUT2D eigenvalue weighted by atomic mass is 35.5. The summed E-state index contributed by atoms with van der Waals surface area (Å²) >= 11 is 6.12. The minimum Gasteiger partial charge on any atom is -0.465 e. The summed E-state index contributed by atoms with van der Waals surface area (Å²) in [5, 5.41) is 4.86. The van der Waals surface area contributed by atoms with Gasteiger partial charge in [0, 0.05) is 25.4 Å². The largest absolute Gasteiger partial charge is 0.465 e. The predicted octanol–water partition coefficient (Wildman–Crippen LogP) is 2.62. The van der Waals surface area contributed by atoms with Gasteiger partial charge in [-0.15, -0.1) is 0 Å². The number of carbonyl (C=O) groups is 2. The lowest BCUT2D eigenvalue weighted by atomic mass is 10.1. The number of aryl methyl sites for hydroxylation is 1. The van der Waals surface area contributed by atoms with Gasteiger partial charge in [0.1, 0.15) is 5.69 Å². The summed E-state index contributed by atoms with van der Waals surface area (Å²) in [6.07, 6.45) is 1.74. The molecule has 0 atom stereocenters. The topological polar surface area (TPSA) is 64.4 Å². The van der Waals surface area contributed by atoms with Gasteiger partial charge < -0.3 is 9.64 Å². The molecule has 2 aromatic rings.